The Kier molecular flexibility index (Phi) is 8.89. The first-order chi connectivity index (χ1) is 23.2. The largest absolute Gasteiger partial charge is 0.478 e. The van der Waals surface area contributed by atoms with Crippen LogP contribution in [0.25, 0.3) is 0 Å². The van der Waals surface area contributed by atoms with Gasteiger partial charge in [0.1, 0.15) is 36.3 Å². The Morgan fingerprint density at radius 3 is 2.31 bits per heavy atom. The highest BCUT2D eigenvalue weighted by Crippen LogP contribution is 2.46. The van der Waals surface area contributed by atoms with Gasteiger partial charge < -0.3 is 14.7 Å². The van der Waals surface area contributed by atoms with Gasteiger partial charge in [-0.25, -0.2) is 23.4 Å². The zero-order valence-corrected chi connectivity index (χ0v) is 25.9. The highest BCUT2D eigenvalue weighted by atomic mass is 19.1. The second-order valence-electron chi connectivity index (χ2n) is 11.1. The number of hydrogen-bond donors (Lipinski definition) is 1. The van der Waals surface area contributed by atoms with E-state index in [2.05, 4.69) is 26.9 Å². The number of carbonyl (C=O) groups excluding carboxylic acids is 2. The summed E-state index contributed by atoms with van der Waals surface area (Å²) in [7, 11) is 1.79. The molecule has 2 aliphatic heterocycles. The van der Waals surface area contributed by atoms with E-state index in [9.17, 15) is 28.3 Å². The number of likely N-dealkylation sites (N-methyl/N-ethyl adjacent to an activating group) is 1. The van der Waals surface area contributed by atoms with Crippen LogP contribution in [0.4, 0.5) is 20.2 Å². The SMILES string of the molecule is CCN1c2ccccc2C(=O)C(c2ncnn2C)C1c1ccc(F)cc1.O=C1OCc2c1ccc(C(=O)O)c2N=Cc1ccc(F)cc1. The van der Waals surface area contributed by atoms with Crippen LogP contribution in [-0.4, -0.2) is 50.4 Å². The fourth-order valence-corrected chi connectivity index (χ4v) is 6.01. The molecule has 1 aromatic heterocycles. The molecule has 0 fully saturated rings. The fraction of sp³-hybridized carbons (Fsp3) is 0.167. The molecule has 10 nitrogen and oxygen atoms in total. The number of nitrogens with zero attached hydrogens (tertiary/aromatic N) is 5. The molecule has 242 valence electrons. The number of cyclic esters (lactones) is 1. The van der Waals surface area contributed by atoms with Crippen molar-refractivity contribution >= 4 is 35.3 Å². The van der Waals surface area contributed by atoms with Gasteiger partial charge in [0, 0.05) is 36.6 Å². The van der Waals surface area contributed by atoms with Crippen LogP contribution >= 0.6 is 0 Å². The number of carboxylic acids is 1. The number of ketones is 1. The number of para-hydroxylation sites is 1. The third-order valence-electron chi connectivity index (χ3n) is 8.28. The fourth-order valence-electron chi connectivity index (χ4n) is 6.01. The molecule has 4 aromatic carbocycles. The van der Waals surface area contributed by atoms with Crippen LogP contribution in [0.5, 0.6) is 0 Å². The number of aryl methyl sites for hydroxylation is 1. The van der Waals surface area contributed by atoms with Crippen LogP contribution in [0.1, 0.15) is 72.5 Å². The number of carbonyl (C=O) groups is 3. The summed E-state index contributed by atoms with van der Waals surface area (Å²) in [4.78, 5) is 47.0. The molecule has 0 bridgehead atoms. The van der Waals surface area contributed by atoms with E-state index in [1.165, 1.54) is 61.1 Å². The van der Waals surface area contributed by atoms with Crippen LogP contribution in [0.2, 0.25) is 0 Å². The summed E-state index contributed by atoms with van der Waals surface area (Å²) in [5, 5.41) is 13.4. The van der Waals surface area contributed by atoms with E-state index in [4.69, 9.17) is 4.74 Å². The van der Waals surface area contributed by atoms with E-state index >= 15 is 0 Å². The molecule has 3 heterocycles. The number of aliphatic imine (C=N–C) groups is 1. The summed E-state index contributed by atoms with van der Waals surface area (Å²) >= 11 is 0. The van der Waals surface area contributed by atoms with E-state index in [0.29, 0.717) is 34.6 Å². The van der Waals surface area contributed by atoms with Gasteiger partial charge in [-0.1, -0.05) is 36.4 Å². The smallest absolute Gasteiger partial charge is 0.338 e. The van der Waals surface area contributed by atoms with Crippen molar-refractivity contribution in [3.8, 4) is 0 Å². The number of anilines is 1. The summed E-state index contributed by atoms with van der Waals surface area (Å²) < 4.78 is 32.9. The first-order valence-electron chi connectivity index (χ1n) is 15.0. The highest BCUT2D eigenvalue weighted by molar-refractivity contribution is 6.08. The van der Waals surface area contributed by atoms with Crippen LogP contribution in [-0.2, 0) is 18.4 Å². The number of rotatable bonds is 6. The van der Waals surface area contributed by atoms with Crippen LogP contribution in [0.3, 0.4) is 0 Å². The Bertz CT molecular complexity index is 2040. The molecular weight excluding hydrogens is 620 g/mol. The number of aromatic nitrogens is 3. The molecule has 1 N–H and O–H groups in total. The topological polar surface area (TPSA) is 127 Å². The minimum absolute atomic E-state index is 0.00855. The molecule has 2 aliphatic rings. The van der Waals surface area contributed by atoms with Gasteiger partial charge >= 0.3 is 11.9 Å². The van der Waals surface area contributed by atoms with Gasteiger partial charge in [-0.05, 0) is 66.6 Å². The Labute approximate surface area is 274 Å². The predicted octanol–water partition coefficient (Wildman–Crippen LogP) is 6.45. The first-order valence-corrected chi connectivity index (χ1v) is 15.0. The lowest BCUT2D eigenvalue weighted by Gasteiger charge is -2.42. The van der Waals surface area contributed by atoms with E-state index in [1.54, 1.807) is 23.9 Å². The van der Waals surface area contributed by atoms with Gasteiger partial charge in [-0.2, -0.15) is 5.10 Å². The van der Waals surface area contributed by atoms with Gasteiger partial charge in [0.25, 0.3) is 0 Å². The van der Waals surface area contributed by atoms with Crippen molar-refractivity contribution in [2.24, 2.45) is 12.0 Å². The van der Waals surface area contributed by atoms with E-state index in [-0.39, 0.29) is 41.3 Å². The zero-order valence-electron chi connectivity index (χ0n) is 25.9. The lowest BCUT2D eigenvalue weighted by atomic mass is 9.80. The number of aromatic carboxylic acids is 1. The lowest BCUT2D eigenvalue weighted by Crippen LogP contribution is -2.42. The van der Waals surface area contributed by atoms with Crippen molar-refractivity contribution < 1.29 is 33.0 Å². The number of ether oxygens (including phenoxy) is 1. The summed E-state index contributed by atoms with van der Waals surface area (Å²) in [5.41, 5.74) is 3.99. The average Bonchev–Trinajstić information content (AvgIpc) is 3.69. The summed E-state index contributed by atoms with van der Waals surface area (Å²) in [6, 6.07) is 22.0. The molecule has 2 unspecified atom stereocenters. The van der Waals surface area contributed by atoms with Crippen molar-refractivity contribution in [3.05, 3.63) is 142 Å². The number of hydrogen-bond acceptors (Lipinski definition) is 8. The summed E-state index contributed by atoms with van der Waals surface area (Å²) in [5.74, 6) is -2.20. The van der Waals surface area contributed by atoms with Crippen molar-refractivity contribution in [1.82, 2.24) is 14.8 Å². The number of Topliss-reactive ketones (excluding diaryl/α,β-unsaturated/α-hetero) is 1. The zero-order chi connectivity index (χ0) is 33.9. The molecule has 0 saturated heterocycles. The summed E-state index contributed by atoms with van der Waals surface area (Å²) in [6.07, 6.45) is 2.88. The maximum atomic E-state index is 13.5. The third kappa shape index (κ3) is 6.07. The standard InChI is InChI=1S/C20H19FN4O.C16H10FNO4/c1-3-25-16-7-5-4-6-15(16)19(26)17(20-22-12-23-24(20)2)18(25)13-8-10-14(21)11-9-13;17-10-3-1-9(2-4-10)7-18-14-12(15(19)20)6-5-11-13(14)8-22-16(11)21/h4-12,17-18H,3H2,1-2H3;1-7H,8H2,(H,19,20). The molecule has 5 aromatic rings. The predicted molar refractivity (Wildman–Crippen MR) is 173 cm³/mol. The first kappa shape index (κ1) is 31.9. The molecule has 7 rings (SSSR count). The molecule has 2 atom stereocenters. The Hall–Kier alpha value is -6.04. The molecule has 0 amide bonds. The maximum Gasteiger partial charge on any atom is 0.338 e. The van der Waals surface area contributed by atoms with Crippen LogP contribution in [0.15, 0.2) is 96.2 Å². The molecule has 0 radical (unpaired) electrons. The molecule has 0 saturated carbocycles. The maximum absolute atomic E-state index is 13.5. The number of carboxylic acid groups (broad SMARTS) is 1. The van der Waals surface area contributed by atoms with E-state index < -0.39 is 17.9 Å². The molecular formula is C36H29F2N5O5. The van der Waals surface area contributed by atoms with Gasteiger partial charge in [0.05, 0.1) is 22.9 Å². The monoisotopic (exact) mass is 649 g/mol. The van der Waals surface area contributed by atoms with Gasteiger partial charge in [0.2, 0.25) is 0 Å². The van der Waals surface area contributed by atoms with Crippen LogP contribution in [0, 0.1) is 11.6 Å². The number of fused-ring (bicyclic) bond motifs is 2. The second-order valence-corrected chi connectivity index (χ2v) is 11.1. The van der Waals surface area contributed by atoms with Crippen molar-refractivity contribution in [2.75, 3.05) is 11.4 Å². The number of benzene rings is 4. The minimum Gasteiger partial charge on any atom is -0.478 e. The molecule has 0 spiro atoms. The van der Waals surface area contributed by atoms with Crippen molar-refractivity contribution in [3.63, 3.8) is 0 Å². The highest BCUT2D eigenvalue weighted by Gasteiger charge is 2.43. The summed E-state index contributed by atoms with van der Waals surface area (Å²) in [6.45, 7) is 2.75. The minimum atomic E-state index is -1.14. The Morgan fingerprint density at radius 2 is 1.67 bits per heavy atom. The average molecular weight is 650 g/mol. The van der Waals surface area contributed by atoms with E-state index in [1.807, 2.05) is 24.3 Å². The Balaban J connectivity index is 0.000000170. The second kappa shape index (κ2) is 13.4. The van der Waals surface area contributed by atoms with Gasteiger partial charge in [0.15, 0.2) is 5.78 Å². The van der Waals surface area contributed by atoms with E-state index in [0.717, 1.165) is 11.3 Å². The van der Waals surface area contributed by atoms with Crippen molar-refractivity contribution in [2.45, 2.75) is 25.5 Å². The normalized spacial score (nSPS) is 16.6. The third-order valence-corrected chi connectivity index (χ3v) is 8.28. The van der Waals surface area contributed by atoms with Crippen LogP contribution < -0.4 is 4.90 Å². The number of halogens is 2. The number of esters is 1. The molecule has 12 heteroatoms. The quantitative estimate of drug-likeness (QED) is 0.164. The Morgan fingerprint density at radius 1 is 0.979 bits per heavy atom. The molecule has 0 aliphatic carbocycles. The lowest BCUT2D eigenvalue weighted by molar-refractivity contribution is 0.0535. The van der Waals surface area contributed by atoms with Gasteiger partial charge in [-0.3, -0.25) is 14.5 Å². The molecule has 48 heavy (non-hydrogen) atoms. The van der Waals surface area contributed by atoms with Crippen molar-refractivity contribution in [1.29, 1.82) is 0 Å². The van der Waals surface area contributed by atoms with Gasteiger partial charge in [-0.15, -0.1) is 0 Å².